The van der Waals surface area contributed by atoms with Crippen LogP contribution < -0.4 is 20.7 Å². The average molecular weight is 592 g/mol. The van der Waals surface area contributed by atoms with E-state index < -0.39 is 5.82 Å². The molecule has 0 spiro atoms. The number of amides is 2. The molecule has 42 heavy (non-hydrogen) atoms. The van der Waals surface area contributed by atoms with E-state index in [4.69, 9.17) is 16.3 Å². The summed E-state index contributed by atoms with van der Waals surface area (Å²) in [5.74, 6) is 0.0118. The second-order valence-electron chi connectivity index (χ2n) is 10.5. The van der Waals surface area contributed by atoms with E-state index in [1.54, 1.807) is 53.8 Å². The molecule has 10 nitrogen and oxygen atoms in total. The molecule has 2 fully saturated rings. The molecule has 0 radical (unpaired) electrons. The minimum absolute atomic E-state index is 0.0775. The standard InChI is InChI=1S/C30H31ClFN7O3/c1-42-26-5-2-19(14-24(26)32)25-17-35-28-27(34-10-13-39(25)28)36-20-3-4-22(23(31)15-20)30(41)38-11-7-18(8-12-38)29(40)37-21-6-9-33-16-21/h2-5,10,13-15,17-18,21,33H,6-9,11-12,16H2,1H3,(H,34,36)(H,37,40)/t21-/m1/s1. The number of piperidine rings is 1. The van der Waals surface area contributed by atoms with E-state index in [0.717, 1.165) is 19.5 Å². The Morgan fingerprint density at radius 3 is 2.67 bits per heavy atom. The van der Waals surface area contributed by atoms with Crippen LogP contribution in [-0.4, -0.2) is 70.4 Å². The number of imidazole rings is 1. The first-order chi connectivity index (χ1) is 20.4. The molecule has 0 unspecified atom stereocenters. The molecule has 4 aromatic rings. The Bertz CT molecular complexity index is 1630. The van der Waals surface area contributed by atoms with Gasteiger partial charge in [-0.1, -0.05) is 11.6 Å². The van der Waals surface area contributed by atoms with Crippen molar-refractivity contribution in [3.63, 3.8) is 0 Å². The van der Waals surface area contributed by atoms with Crippen LogP contribution in [0, 0.1) is 11.7 Å². The third-order valence-electron chi connectivity index (χ3n) is 7.90. The number of carbonyl (C=O) groups is 2. The first kappa shape index (κ1) is 27.9. The molecule has 2 aromatic carbocycles. The molecular weight excluding hydrogens is 561 g/mol. The second kappa shape index (κ2) is 11.9. The Balaban J connectivity index is 1.12. The van der Waals surface area contributed by atoms with Crippen LogP contribution in [0.2, 0.25) is 5.02 Å². The molecule has 3 N–H and O–H groups in total. The van der Waals surface area contributed by atoms with Gasteiger partial charge in [-0.2, -0.15) is 0 Å². The number of anilines is 2. The molecule has 2 aromatic heterocycles. The molecular formula is C30H31ClFN7O3. The van der Waals surface area contributed by atoms with Gasteiger partial charge in [-0.3, -0.25) is 14.0 Å². The van der Waals surface area contributed by atoms with Crippen LogP contribution in [0.5, 0.6) is 5.75 Å². The number of ether oxygens (including phenoxy) is 1. The fraction of sp³-hybridized carbons (Fsp3) is 0.333. The number of nitrogens with one attached hydrogen (secondary N) is 3. The van der Waals surface area contributed by atoms with Crippen molar-refractivity contribution in [3.8, 4) is 17.0 Å². The number of fused-ring (bicyclic) bond motifs is 1. The first-order valence-corrected chi connectivity index (χ1v) is 14.3. The van der Waals surface area contributed by atoms with Crippen molar-refractivity contribution in [1.82, 2.24) is 29.9 Å². The van der Waals surface area contributed by atoms with Gasteiger partial charge in [-0.25, -0.2) is 14.4 Å². The Morgan fingerprint density at radius 1 is 1.12 bits per heavy atom. The number of hydrogen-bond acceptors (Lipinski definition) is 7. The highest BCUT2D eigenvalue weighted by molar-refractivity contribution is 6.34. The van der Waals surface area contributed by atoms with Gasteiger partial charge in [0.25, 0.3) is 5.91 Å². The van der Waals surface area contributed by atoms with E-state index >= 15 is 0 Å². The number of rotatable bonds is 7. The van der Waals surface area contributed by atoms with Gasteiger partial charge in [0.1, 0.15) is 0 Å². The van der Waals surface area contributed by atoms with Crippen molar-refractivity contribution in [2.45, 2.75) is 25.3 Å². The van der Waals surface area contributed by atoms with Crippen LogP contribution >= 0.6 is 11.6 Å². The molecule has 2 saturated heterocycles. The third-order valence-corrected chi connectivity index (χ3v) is 8.21. The van der Waals surface area contributed by atoms with Gasteiger partial charge in [-0.05, 0) is 62.2 Å². The summed E-state index contributed by atoms with van der Waals surface area (Å²) in [6, 6.07) is 10.1. The number of benzene rings is 2. The molecule has 0 saturated carbocycles. The zero-order chi connectivity index (χ0) is 29.2. The molecule has 2 aliphatic heterocycles. The fourth-order valence-corrected chi connectivity index (χ4v) is 5.82. The number of halogens is 2. The number of hydrogen-bond donors (Lipinski definition) is 3. The molecule has 2 aliphatic rings. The molecule has 0 bridgehead atoms. The number of carbonyl (C=O) groups excluding carboxylic acids is 2. The number of methoxy groups -OCH3 is 1. The molecule has 6 rings (SSSR count). The van der Waals surface area contributed by atoms with Crippen molar-refractivity contribution < 1.29 is 18.7 Å². The summed E-state index contributed by atoms with van der Waals surface area (Å²) in [6.45, 7) is 2.74. The van der Waals surface area contributed by atoms with Crippen molar-refractivity contribution in [2.75, 3.05) is 38.6 Å². The lowest BCUT2D eigenvalue weighted by molar-refractivity contribution is -0.126. The van der Waals surface area contributed by atoms with E-state index in [-0.39, 0.29) is 29.5 Å². The van der Waals surface area contributed by atoms with Crippen LogP contribution in [0.1, 0.15) is 29.6 Å². The third kappa shape index (κ3) is 5.62. The normalized spacial score (nSPS) is 17.4. The van der Waals surface area contributed by atoms with Crippen LogP contribution in [0.15, 0.2) is 55.0 Å². The van der Waals surface area contributed by atoms with Crippen molar-refractivity contribution in [1.29, 1.82) is 0 Å². The maximum Gasteiger partial charge on any atom is 0.255 e. The largest absolute Gasteiger partial charge is 0.494 e. The van der Waals surface area contributed by atoms with Crippen LogP contribution in [0.4, 0.5) is 15.9 Å². The van der Waals surface area contributed by atoms with Gasteiger partial charge in [0, 0.05) is 55.2 Å². The molecule has 0 aliphatic carbocycles. The highest BCUT2D eigenvalue weighted by atomic mass is 35.5. The maximum atomic E-state index is 14.3. The molecule has 2 amide bonds. The predicted octanol–water partition coefficient (Wildman–Crippen LogP) is 4.27. The summed E-state index contributed by atoms with van der Waals surface area (Å²) in [4.78, 5) is 36.6. The average Bonchev–Trinajstić information content (AvgIpc) is 3.68. The van der Waals surface area contributed by atoms with Gasteiger partial charge in [0.2, 0.25) is 5.91 Å². The zero-order valence-corrected chi connectivity index (χ0v) is 23.8. The zero-order valence-electron chi connectivity index (χ0n) is 23.1. The van der Waals surface area contributed by atoms with Gasteiger partial charge >= 0.3 is 0 Å². The fourth-order valence-electron chi connectivity index (χ4n) is 5.56. The minimum Gasteiger partial charge on any atom is -0.494 e. The summed E-state index contributed by atoms with van der Waals surface area (Å²) >= 11 is 6.58. The van der Waals surface area contributed by atoms with Gasteiger partial charge in [0.05, 0.1) is 29.6 Å². The summed E-state index contributed by atoms with van der Waals surface area (Å²) in [5.41, 5.74) is 2.90. The number of likely N-dealkylation sites (tertiary alicyclic amines) is 1. The molecule has 4 heterocycles. The smallest absolute Gasteiger partial charge is 0.255 e. The minimum atomic E-state index is -0.464. The Kier molecular flexibility index (Phi) is 7.94. The quantitative estimate of drug-likeness (QED) is 0.294. The summed E-state index contributed by atoms with van der Waals surface area (Å²) < 4.78 is 21.2. The highest BCUT2D eigenvalue weighted by Gasteiger charge is 2.30. The van der Waals surface area contributed by atoms with Gasteiger partial charge < -0.3 is 25.6 Å². The van der Waals surface area contributed by atoms with Gasteiger partial charge in [0.15, 0.2) is 23.0 Å². The monoisotopic (exact) mass is 591 g/mol. The van der Waals surface area contributed by atoms with Crippen molar-refractivity contribution in [3.05, 3.63) is 71.4 Å². The lowest BCUT2D eigenvalue weighted by Gasteiger charge is -2.32. The van der Waals surface area contributed by atoms with E-state index in [1.807, 2.05) is 4.40 Å². The van der Waals surface area contributed by atoms with Gasteiger partial charge in [-0.15, -0.1) is 0 Å². The molecule has 1 atom stereocenters. The highest BCUT2D eigenvalue weighted by Crippen LogP contribution is 2.30. The maximum absolute atomic E-state index is 14.3. The Morgan fingerprint density at radius 2 is 1.95 bits per heavy atom. The van der Waals surface area contributed by atoms with E-state index in [0.29, 0.717) is 64.9 Å². The van der Waals surface area contributed by atoms with E-state index in [1.165, 1.54) is 13.2 Å². The Hall–Kier alpha value is -4.22. The molecule has 12 heteroatoms. The number of nitrogens with zero attached hydrogens (tertiary/aromatic N) is 4. The summed E-state index contributed by atoms with van der Waals surface area (Å²) in [7, 11) is 1.42. The van der Waals surface area contributed by atoms with Crippen LogP contribution in [0.25, 0.3) is 16.9 Å². The lowest BCUT2D eigenvalue weighted by Crippen LogP contribution is -2.45. The topological polar surface area (TPSA) is 113 Å². The van der Waals surface area contributed by atoms with Crippen LogP contribution in [0.3, 0.4) is 0 Å². The Labute approximate surface area is 247 Å². The van der Waals surface area contributed by atoms with Crippen LogP contribution in [-0.2, 0) is 4.79 Å². The predicted molar refractivity (Wildman–Crippen MR) is 158 cm³/mol. The lowest BCUT2D eigenvalue weighted by atomic mass is 9.95. The first-order valence-electron chi connectivity index (χ1n) is 13.9. The SMILES string of the molecule is COc1ccc(-c2cnc3c(Nc4ccc(C(=O)N5CCC(C(=O)N[C@@H]6CCNC6)CC5)c(Cl)c4)nccn23)cc1F. The van der Waals surface area contributed by atoms with Crippen molar-refractivity contribution >= 4 is 40.6 Å². The second-order valence-corrected chi connectivity index (χ2v) is 11.0. The van der Waals surface area contributed by atoms with E-state index in [9.17, 15) is 14.0 Å². The van der Waals surface area contributed by atoms with E-state index in [2.05, 4.69) is 25.9 Å². The summed E-state index contributed by atoms with van der Waals surface area (Å²) in [5, 5.41) is 9.92. The number of aromatic nitrogens is 3. The molecule has 218 valence electrons. The summed E-state index contributed by atoms with van der Waals surface area (Å²) in [6.07, 6.45) is 7.22. The van der Waals surface area contributed by atoms with Crippen molar-refractivity contribution in [2.24, 2.45) is 5.92 Å².